The number of ether oxygens (including phenoxy) is 4. The van der Waals surface area contributed by atoms with E-state index in [0.29, 0.717) is 0 Å². The van der Waals surface area contributed by atoms with Crippen molar-refractivity contribution in [2.75, 3.05) is 21.3 Å². The number of hydrogen-bond donors (Lipinski definition) is 0. The molecule has 0 amide bonds. The summed E-state index contributed by atoms with van der Waals surface area (Å²) in [5.74, 6) is -2.63. The van der Waals surface area contributed by atoms with Crippen molar-refractivity contribution in [3.05, 3.63) is 81.9 Å². The third-order valence-corrected chi connectivity index (χ3v) is 7.67. The number of hydrogen-bond acceptors (Lipinski definition) is 10. The zero-order valence-corrected chi connectivity index (χ0v) is 20.4. The van der Waals surface area contributed by atoms with E-state index >= 15 is 0 Å². The molecule has 2 aromatic rings. The molecule has 0 aromatic heterocycles. The van der Waals surface area contributed by atoms with E-state index in [9.17, 15) is 19.5 Å². The largest absolute Gasteiger partial charge is 0.467 e. The summed E-state index contributed by atoms with van der Waals surface area (Å²) >= 11 is 0. The number of carbonyl (C=O) groups excluding carboxylic acids is 1. The molecule has 190 valence electrons. The highest BCUT2D eigenvalue weighted by Gasteiger charge is 2.62. The molecule has 1 fully saturated rings. The zero-order valence-electron chi connectivity index (χ0n) is 19.6. The van der Waals surface area contributed by atoms with Crippen LogP contribution >= 0.6 is 7.60 Å². The van der Waals surface area contributed by atoms with Gasteiger partial charge in [0, 0.05) is 19.1 Å². The summed E-state index contributed by atoms with van der Waals surface area (Å²) in [4.78, 5) is 24.3. The summed E-state index contributed by atoms with van der Waals surface area (Å²) in [6.45, 7) is -0.0270. The van der Waals surface area contributed by atoms with Crippen molar-refractivity contribution in [1.82, 2.24) is 0 Å². The van der Waals surface area contributed by atoms with Crippen LogP contribution in [0.5, 0.6) is 0 Å². The quantitative estimate of drug-likeness (QED) is 0.192. The van der Waals surface area contributed by atoms with Gasteiger partial charge in [-0.15, -0.1) is 0 Å². The molecule has 1 aliphatic rings. The molecule has 12 heteroatoms. The van der Waals surface area contributed by atoms with E-state index in [4.69, 9.17) is 28.0 Å². The number of rotatable bonds is 11. The minimum absolute atomic E-state index is 0.00880. The molecule has 11 nitrogen and oxygen atoms in total. The highest BCUT2D eigenvalue weighted by Crippen LogP contribution is 2.56. The Kier molecular flexibility index (Phi) is 9.50. The van der Waals surface area contributed by atoms with Crippen LogP contribution in [0.1, 0.15) is 11.1 Å². The molecule has 1 aliphatic heterocycles. The number of nitro groups is 1. The Morgan fingerprint density at radius 1 is 0.914 bits per heavy atom. The molecule has 0 radical (unpaired) electrons. The van der Waals surface area contributed by atoms with E-state index in [-0.39, 0.29) is 13.2 Å². The average molecular weight is 509 g/mol. The van der Waals surface area contributed by atoms with Gasteiger partial charge in [0.25, 0.3) is 6.04 Å². The summed E-state index contributed by atoms with van der Waals surface area (Å²) in [6, 6.07) is 16.3. The molecule has 0 unspecified atom stereocenters. The number of benzene rings is 2. The van der Waals surface area contributed by atoms with Crippen LogP contribution in [0.3, 0.4) is 0 Å². The third kappa shape index (κ3) is 6.32. The van der Waals surface area contributed by atoms with Crippen molar-refractivity contribution in [1.29, 1.82) is 0 Å². The molecule has 3 rings (SSSR count). The van der Waals surface area contributed by atoms with Crippen LogP contribution in [0.25, 0.3) is 0 Å². The number of nitrogens with zero attached hydrogens (tertiary/aromatic N) is 1. The molecule has 0 spiro atoms. The highest BCUT2D eigenvalue weighted by atomic mass is 31.2. The zero-order chi connectivity index (χ0) is 25.4. The van der Waals surface area contributed by atoms with Gasteiger partial charge in [0.1, 0.15) is 6.10 Å². The van der Waals surface area contributed by atoms with Crippen molar-refractivity contribution >= 4 is 13.6 Å². The van der Waals surface area contributed by atoms with E-state index < -0.39 is 48.7 Å². The molecule has 1 heterocycles. The summed E-state index contributed by atoms with van der Waals surface area (Å²) in [5, 5.41) is 12.3. The van der Waals surface area contributed by atoms with E-state index in [1.165, 1.54) is 0 Å². The second kappa shape index (κ2) is 12.3. The Balaban J connectivity index is 2.02. The molecule has 5 atom stereocenters. The van der Waals surface area contributed by atoms with Crippen LogP contribution in [0.4, 0.5) is 0 Å². The van der Waals surface area contributed by atoms with Crippen LogP contribution in [0.2, 0.25) is 0 Å². The summed E-state index contributed by atoms with van der Waals surface area (Å²) in [7, 11) is -0.900. The van der Waals surface area contributed by atoms with Gasteiger partial charge in [0.2, 0.25) is 5.85 Å². The Bertz CT molecular complexity index is 1010. The lowest BCUT2D eigenvalue weighted by molar-refractivity contribution is -0.555. The molecule has 0 aliphatic carbocycles. The smallest absolute Gasteiger partial charge is 0.365 e. The molecule has 0 saturated carbocycles. The normalized spacial score (nSPS) is 24.6. The van der Waals surface area contributed by atoms with Gasteiger partial charge in [-0.3, -0.25) is 14.7 Å². The number of esters is 1. The molecule has 1 saturated heterocycles. The maximum atomic E-state index is 13.3. The minimum atomic E-state index is -4.20. The molecular weight excluding hydrogens is 481 g/mol. The lowest BCUT2D eigenvalue weighted by atomic mass is 9.97. The van der Waals surface area contributed by atoms with Crippen LogP contribution in [-0.2, 0) is 50.6 Å². The fourth-order valence-electron chi connectivity index (χ4n) is 3.82. The van der Waals surface area contributed by atoms with Gasteiger partial charge in [0.05, 0.1) is 20.3 Å². The third-order valence-electron chi connectivity index (χ3n) is 5.61. The second-order valence-corrected chi connectivity index (χ2v) is 9.99. The monoisotopic (exact) mass is 509 g/mol. The van der Waals surface area contributed by atoms with Crippen molar-refractivity contribution in [3.63, 3.8) is 0 Å². The Morgan fingerprint density at radius 3 is 1.83 bits per heavy atom. The van der Waals surface area contributed by atoms with Crippen LogP contribution in [0.15, 0.2) is 60.7 Å². The van der Waals surface area contributed by atoms with Crippen molar-refractivity contribution in [3.8, 4) is 0 Å². The first-order chi connectivity index (χ1) is 16.8. The first-order valence-electron chi connectivity index (χ1n) is 10.7. The predicted octanol–water partition coefficient (Wildman–Crippen LogP) is 3.19. The Labute approximate surface area is 202 Å². The predicted molar refractivity (Wildman–Crippen MR) is 123 cm³/mol. The van der Waals surface area contributed by atoms with E-state index in [1.54, 1.807) is 48.5 Å². The number of carbonyl (C=O) groups is 1. The Hall–Kier alpha value is -2.66. The summed E-state index contributed by atoms with van der Waals surface area (Å²) in [5.41, 5.74) is 1.49. The maximum Gasteiger partial charge on any atom is 0.365 e. The van der Waals surface area contributed by atoms with Crippen molar-refractivity contribution in [2.45, 2.75) is 43.4 Å². The van der Waals surface area contributed by atoms with Gasteiger partial charge in [0.15, 0.2) is 12.2 Å². The van der Waals surface area contributed by atoms with E-state index in [2.05, 4.69) is 0 Å². The molecule has 2 aromatic carbocycles. The molecule has 0 bridgehead atoms. The van der Waals surface area contributed by atoms with Gasteiger partial charge >= 0.3 is 13.6 Å². The van der Waals surface area contributed by atoms with Gasteiger partial charge in [-0.2, -0.15) is 0 Å². The van der Waals surface area contributed by atoms with Gasteiger partial charge < -0.3 is 28.0 Å². The van der Waals surface area contributed by atoms with E-state index in [0.717, 1.165) is 32.5 Å². The highest BCUT2D eigenvalue weighted by molar-refractivity contribution is 7.54. The van der Waals surface area contributed by atoms with Gasteiger partial charge in [-0.1, -0.05) is 60.7 Å². The molecule has 0 N–H and O–H groups in total. The standard InChI is InChI=1S/C23H28NO10P/c1-29-22(25)21-20(33-15-17-12-8-5-9-13-17)19(32-14-16-10-6-4-7-11-16)18(24(26)27)23(34-21)35(28,30-2)31-3/h4-13,18-21,23H,14-15H2,1-3H3/t18-,19+,20-,21+,23+/m0/s1. The molecular formula is C23H28NO10P. The maximum absolute atomic E-state index is 13.3. The fraction of sp³-hybridized carbons (Fsp3) is 0.435. The second-order valence-electron chi connectivity index (χ2n) is 7.67. The first-order valence-corrected chi connectivity index (χ1v) is 12.3. The van der Waals surface area contributed by atoms with Crippen molar-refractivity contribution in [2.24, 2.45) is 0 Å². The van der Waals surface area contributed by atoms with Crippen LogP contribution < -0.4 is 0 Å². The minimum Gasteiger partial charge on any atom is -0.467 e. The fourth-order valence-corrected chi connectivity index (χ4v) is 5.32. The summed E-state index contributed by atoms with van der Waals surface area (Å²) < 4.78 is 45.8. The van der Waals surface area contributed by atoms with Crippen LogP contribution in [-0.4, -0.2) is 62.4 Å². The van der Waals surface area contributed by atoms with E-state index in [1.807, 2.05) is 12.1 Å². The lowest BCUT2D eigenvalue weighted by Crippen LogP contribution is -2.63. The van der Waals surface area contributed by atoms with Gasteiger partial charge in [-0.25, -0.2) is 4.79 Å². The van der Waals surface area contributed by atoms with Gasteiger partial charge in [-0.05, 0) is 11.1 Å². The number of methoxy groups -OCH3 is 1. The lowest BCUT2D eigenvalue weighted by Gasteiger charge is -2.42. The first kappa shape index (κ1) is 26.9. The topological polar surface area (TPSA) is 133 Å². The van der Waals surface area contributed by atoms with Crippen LogP contribution in [0, 0.1) is 10.1 Å². The Morgan fingerprint density at radius 2 is 1.40 bits per heavy atom. The van der Waals surface area contributed by atoms with Crippen molar-refractivity contribution < 1.29 is 42.3 Å². The summed E-state index contributed by atoms with van der Waals surface area (Å²) in [6.07, 6.45) is -4.13. The SMILES string of the molecule is COC(=O)[C@@H]1O[C@H](P(=O)(OC)OC)[C@@H]([N+](=O)[O-])[C@@H](OCc2ccccc2)[C@@H]1OCc1ccccc1. The molecule has 35 heavy (non-hydrogen) atoms. The average Bonchev–Trinajstić information content (AvgIpc) is 2.90.